The first-order valence-corrected chi connectivity index (χ1v) is 7.85. The van der Waals surface area contributed by atoms with E-state index in [0.29, 0.717) is 0 Å². The van der Waals surface area contributed by atoms with Crippen LogP contribution in [-0.4, -0.2) is 51.5 Å². The van der Waals surface area contributed by atoms with E-state index in [0.717, 1.165) is 6.26 Å². The third-order valence-electron chi connectivity index (χ3n) is 2.69. The predicted octanol–water partition coefficient (Wildman–Crippen LogP) is 0.297. The molecule has 0 radical (unpaired) electrons. The Morgan fingerprint density at radius 3 is 2.25 bits per heavy atom. The Balaban J connectivity index is 3.03. The molecule has 1 aromatic rings. The molecule has 1 rings (SSSR count). The largest absolute Gasteiger partial charge is 0.347 e. The van der Waals surface area contributed by atoms with E-state index in [4.69, 9.17) is 0 Å². The minimum Gasteiger partial charge on any atom is -0.347 e. The normalized spacial score (nSPS) is 12.6. The molecule has 0 aliphatic carbocycles. The molecule has 0 heterocycles. The Bertz CT molecular complexity index is 623. The van der Waals surface area contributed by atoms with Gasteiger partial charge in [-0.05, 0) is 19.1 Å². The van der Waals surface area contributed by atoms with E-state index in [-0.39, 0.29) is 16.4 Å². The highest BCUT2D eigenvalue weighted by molar-refractivity contribution is 7.90. The van der Waals surface area contributed by atoms with Gasteiger partial charge in [0.2, 0.25) is 5.91 Å². The van der Waals surface area contributed by atoms with Crippen LogP contribution in [0.4, 0.5) is 0 Å². The van der Waals surface area contributed by atoms with Gasteiger partial charge >= 0.3 is 0 Å². The first-order valence-electron chi connectivity index (χ1n) is 5.95. The maximum absolute atomic E-state index is 12.1. The lowest BCUT2D eigenvalue weighted by Gasteiger charge is -2.18. The van der Waals surface area contributed by atoms with Crippen molar-refractivity contribution in [3.63, 3.8) is 0 Å². The van der Waals surface area contributed by atoms with Crippen LogP contribution in [0.2, 0.25) is 0 Å². The minimum atomic E-state index is -3.51. The van der Waals surface area contributed by atoms with Crippen molar-refractivity contribution in [2.75, 3.05) is 20.4 Å². The molecule has 0 bridgehead atoms. The third kappa shape index (κ3) is 3.80. The quantitative estimate of drug-likeness (QED) is 0.866. The van der Waals surface area contributed by atoms with Gasteiger partial charge in [-0.15, -0.1) is 0 Å². The van der Waals surface area contributed by atoms with E-state index in [1.165, 1.54) is 17.0 Å². The average molecular weight is 298 g/mol. The van der Waals surface area contributed by atoms with Crippen LogP contribution in [0.25, 0.3) is 0 Å². The first-order chi connectivity index (χ1) is 9.14. The van der Waals surface area contributed by atoms with E-state index in [2.05, 4.69) is 5.32 Å². The maximum Gasteiger partial charge on any atom is 0.253 e. The van der Waals surface area contributed by atoms with Gasteiger partial charge in [0.15, 0.2) is 9.84 Å². The van der Waals surface area contributed by atoms with Crippen LogP contribution in [0.5, 0.6) is 0 Å². The fourth-order valence-electron chi connectivity index (χ4n) is 1.70. The lowest BCUT2D eigenvalue weighted by atomic mass is 10.2. The summed E-state index contributed by atoms with van der Waals surface area (Å²) in [6.07, 6.45) is 1.04. The standard InChI is InChI=1S/C13H18N2O4S/c1-9(13(17)15(2)3)14-12(16)10-7-5-6-8-11(10)20(4,18)19/h5-9H,1-4H3,(H,14,16)/t9-/m0/s1. The average Bonchev–Trinajstić information content (AvgIpc) is 2.36. The zero-order valence-electron chi connectivity index (χ0n) is 11.9. The topological polar surface area (TPSA) is 83.5 Å². The summed E-state index contributed by atoms with van der Waals surface area (Å²) in [5.41, 5.74) is 0.0356. The number of benzene rings is 1. The molecule has 6 nitrogen and oxygen atoms in total. The van der Waals surface area contributed by atoms with Crippen LogP contribution in [0, 0.1) is 0 Å². The molecular formula is C13H18N2O4S. The number of amides is 2. The molecule has 0 aliphatic heterocycles. The highest BCUT2D eigenvalue weighted by Crippen LogP contribution is 2.15. The van der Waals surface area contributed by atoms with Crippen LogP contribution in [0.1, 0.15) is 17.3 Å². The summed E-state index contributed by atoms with van der Waals surface area (Å²) >= 11 is 0. The molecule has 1 atom stereocenters. The van der Waals surface area contributed by atoms with Gasteiger partial charge in [-0.2, -0.15) is 0 Å². The van der Waals surface area contributed by atoms with Gasteiger partial charge < -0.3 is 10.2 Å². The monoisotopic (exact) mass is 298 g/mol. The summed E-state index contributed by atoms with van der Waals surface area (Å²) in [4.78, 5) is 25.1. The van der Waals surface area contributed by atoms with Crippen molar-refractivity contribution in [1.29, 1.82) is 0 Å². The lowest BCUT2D eigenvalue weighted by Crippen LogP contribution is -2.44. The molecule has 2 amide bonds. The summed E-state index contributed by atoms with van der Waals surface area (Å²) in [6.45, 7) is 1.54. The Hall–Kier alpha value is -1.89. The summed E-state index contributed by atoms with van der Waals surface area (Å²) in [7, 11) is -0.349. The van der Waals surface area contributed by atoms with Crippen LogP contribution in [0.15, 0.2) is 29.2 Å². The van der Waals surface area contributed by atoms with Gasteiger partial charge in [0.05, 0.1) is 10.5 Å². The molecule has 0 aromatic heterocycles. The van der Waals surface area contributed by atoms with E-state index < -0.39 is 21.8 Å². The smallest absolute Gasteiger partial charge is 0.253 e. The van der Waals surface area contributed by atoms with Crippen LogP contribution in [-0.2, 0) is 14.6 Å². The van der Waals surface area contributed by atoms with Gasteiger partial charge in [0, 0.05) is 20.4 Å². The Kier molecular flexibility index (Phi) is 4.88. The fourth-order valence-corrected chi connectivity index (χ4v) is 2.59. The third-order valence-corrected chi connectivity index (χ3v) is 3.84. The second-order valence-corrected chi connectivity index (χ2v) is 6.68. The number of rotatable bonds is 4. The molecule has 0 fully saturated rings. The molecule has 110 valence electrons. The maximum atomic E-state index is 12.1. The molecule has 0 saturated heterocycles. The molecule has 0 aliphatic rings. The highest BCUT2D eigenvalue weighted by Gasteiger charge is 2.22. The van der Waals surface area contributed by atoms with Gasteiger partial charge in [0.25, 0.3) is 5.91 Å². The SMILES string of the molecule is C[C@H](NC(=O)c1ccccc1S(C)(=O)=O)C(=O)N(C)C. The van der Waals surface area contributed by atoms with E-state index in [1.54, 1.807) is 33.2 Å². The number of likely N-dealkylation sites (N-methyl/N-ethyl adjacent to an activating group) is 1. The summed E-state index contributed by atoms with van der Waals surface area (Å²) < 4.78 is 23.3. The summed E-state index contributed by atoms with van der Waals surface area (Å²) in [6, 6.07) is 5.16. The highest BCUT2D eigenvalue weighted by atomic mass is 32.2. The van der Waals surface area contributed by atoms with E-state index in [1.807, 2.05) is 0 Å². The predicted molar refractivity (Wildman–Crippen MR) is 75.2 cm³/mol. The molecule has 7 heteroatoms. The van der Waals surface area contributed by atoms with Gasteiger partial charge in [-0.1, -0.05) is 12.1 Å². The molecule has 1 aromatic carbocycles. The number of hydrogen-bond acceptors (Lipinski definition) is 4. The molecule has 0 spiro atoms. The van der Waals surface area contributed by atoms with Gasteiger partial charge in [0.1, 0.15) is 6.04 Å². The molecular weight excluding hydrogens is 280 g/mol. The number of sulfone groups is 1. The Morgan fingerprint density at radius 2 is 1.75 bits per heavy atom. The summed E-state index contributed by atoms with van der Waals surface area (Å²) in [5, 5.41) is 2.50. The van der Waals surface area contributed by atoms with Crippen molar-refractivity contribution < 1.29 is 18.0 Å². The second-order valence-electron chi connectivity index (χ2n) is 4.70. The minimum absolute atomic E-state index is 0.0356. The Morgan fingerprint density at radius 1 is 1.20 bits per heavy atom. The van der Waals surface area contributed by atoms with Crippen LogP contribution < -0.4 is 5.32 Å². The fraction of sp³-hybridized carbons (Fsp3) is 0.385. The van der Waals surface area contributed by atoms with E-state index >= 15 is 0 Å². The first kappa shape index (κ1) is 16.2. The van der Waals surface area contributed by atoms with Crippen molar-refractivity contribution in [1.82, 2.24) is 10.2 Å². The van der Waals surface area contributed by atoms with Crippen molar-refractivity contribution in [2.45, 2.75) is 17.9 Å². The van der Waals surface area contributed by atoms with Crippen molar-refractivity contribution in [3.05, 3.63) is 29.8 Å². The van der Waals surface area contributed by atoms with Crippen LogP contribution >= 0.6 is 0 Å². The van der Waals surface area contributed by atoms with Gasteiger partial charge in [-0.25, -0.2) is 8.42 Å². The van der Waals surface area contributed by atoms with Crippen molar-refractivity contribution in [2.24, 2.45) is 0 Å². The van der Waals surface area contributed by atoms with Gasteiger partial charge in [-0.3, -0.25) is 9.59 Å². The molecule has 0 saturated carbocycles. The number of nitrogens with zero attached hydrogens (tertiary/aromatic N) is 1. The van der Waals surface area contributed by atoms with Crippen molar-refractivity contribution >= 4 is 21.7 Å². The summed E-state index contributed by atoms with van der Waals surface area (Å²) in [5.74, 6) is -0.857. The molecule has 0 unspecified atom stereocenters. The van der Waals surface area contributed by atoms with E-state index in [9.17, 15) is 18.0 Å². The lowest BCUT2D eigenvalue weighted by molar-refractivity contribution is -0.130. The molecule has 20 heavy (non-hydrogen) atoms. The Labute approximate surface area is 118 Å². The van der Waals surface area contributed by atoms with Crippen LogP contribution in [0.3, 0.4) is 0 Å². The second kappa shape index (κ2) is 6.04. The number of carbonyl (C=O) groups is 2. The molecule has 1 N–H and O–H groups in total. The zero-order valence-corrected chi connectivity index (χ0v) is 12.7. The number of nitrogens with one attached hydrogen (secondary N) is 1. The number of carbonyl (C=O) groups excluding carboxylic acids is 2. The number of hydrogen-bond donors (Lipinski definition) is 1. The zero-order chi connectivity index (χ0) is 15.5. The van der Waals surface area contributed by atoms with Crippen molar-refractivity contribution in [3.8, 4) is 0 Å².